The van der Waals surface area contributed by atoms with E-state index in [9.17, 15) is 4.79 Å². The number of hydrogen-bond donors (Lipinski definition) is 1. The van der Waals surface area contributed by atoms with Gasteiger partial charge in [-0.15, -0.1) is 11.3 Å². The van der Waals surface area contributed by atoms with E-state index >= 15 is 0 Å². The molecule has 0 spiro atoms. The summed E-state index contributed by atoms with van der Waals surface area (Å²) >= 11 is 1.62. The van der Waals surface area contributed by atoms with Crippen molar-refractivity contribution < 1.29 is 4.79 Å². The molecule has 124 valence electrons. The maximum absolute atomic E-state index is 12.6. The molecule has 3 rings (SSSR count). The molecule has 0 atom stereocenters. The number of nitrogens with zero attached hydrogens (tertiary/aromatic N) is 2. The highest BCUT2D eigenvalue weighted by Gasteiger charge is 2.18. The smallest absolute Gasteiger partial charge is 0.270 e. The van der Waals surface area contributed by atoms with Crippen LogP contribution >= 0.6 is 11.3 Å². The van der Waals surface area contributed by atoms with Gasteiger partial charge in [-0.1, -0.05) is 32.0 Å². The molecular weight excluding hydrogens is 318 g/mol. The molecule has 1 aromatic carbocycles. The number of nitrogens with one attached hydrogen (secondary N) is 1. The molecule has 1 amide bonds. The molecule has 2 heterocycles. The fraction of sp³-hybridized carbons (Fsp3) is 0.263. The lowest BCUT2D eigenvalue weighted by Gasteiger charge is -2.10. The average Bonchev–Trinajstić information content (AvgIpc) is 3.21. The van der Waals surface area contributed by atoms with Crippen LogP contribution in [0.1, 0.15) is 29.9 Å². The minimum Gasteiger partial charge on any atom is -0.350 e. The van der Waals surface area contributed by atoms with Crippen molar-refractivity contribution in [3.05, 3.63) is 59.1 Å². The number of thiophene rings is 1. The van der Waals surface area contributed by atoms with Gasteiger partial charge in [0.15, 0.2) is 0 Å². The van der Waals surface area contributed by atoms with E-state index < -0.39 is 0 Å². The Kier molecular flexibility index (Phi) is 4.81. The van der Waals surface area contributed by atoms with Gasteiger partial charge < -0.3 is 5.32 Å². The zero-order valence-corrected chi connectivity index (χ0v) is 14.9. The van der Waals surface area contributed by atoms with E-state index in [0.717, 1.165) is 21.8 Å². The van der Waals surface area contributed by atoms with E-state index in [1.807, 2.05) is 54.8 Å². The summed E-state index contributed by atoms with van der Waals surface area (Å²) < 4.78 is 1.73. The van der Waals surface area contributed by atoms with Crippen molar-refractivity contribution in [1.29, 1.82) is 0 Å². The van der Waals surface area contributed by atoms with Crippen LogP contribution in [0.25, 0.3) is 16.3 Å². The van der Waals surface area contributed by atoms with Crippen molar-refractivity contribution in [3.63, 3.8) is 0 Å². The standard InChI is InChI=1S/C19H21N3OS/c1-13(2)12-20-19(23)17-11-16(18-8-5-9-24-18)21-22(17)15-7-4-6-14(3)10-15/h4-11,13H,12H2,1-3H3,(H,20,23). The topological polar surface area (TPSA) is 46.9 Å². The van der Waals surface area contributed by atoms with Gasteiger partial charge in [-0.2, -0.15) is 5.10 Å². The molecule has 0 aliphatic rings. The molecule has 0 saturated heterocycles. The van der Waals surface area contributed by atoms with Crippen LogP contribution in [0.3, 0.4) is 0 Å². The van der Waals surface area contributed by atoms with Crippen LogP contribution in [0.2, 0.25) is 0 Å². The monoisotopic (exact) mass is 339 g/mol. The second-order valence-electron chi connectivity index (χ2n) is 6.25. The lowest BCUT2D eigenvalue weighted by atomic mass is 10.2. The first kappa shape index (κ1) is 16.5. The normalized spacial score (nSPS) is 11.0. The van der Waals surface area contributed by atoms with Gasteiger partial charge in [-0.05, 0) is 48.1 Å². The second kappa shape index (κ2) is 7.01. The maximum atomic E-state index is 12.6. The maximum Gasteiger partial charge on any atom is 0.270 e. The highest BCUT2D eigenvalue weighted by Crippen LogP contribution is 2.26. The molecule has 5 heteroatoms. The largest absolute Gasteiger partial charge is 0.350 e. The van der Waals surface area contributed by atoms with Crippen LogP contribution in [0.15, 0.2) is 47.8 Å². The number of aryl methyl sites for hydroxylation is 1. The molecule has 0 fully saturated rings. The Balaban J connectivity index is 2.03. The summed E-state index contributed by atoms with van der Waals surface area (Å²) in [6.07, 6.45) is 0. The van der Waals surface area contributed by atoms with E-state index in [-0.39, 0.29) is 5.91 Å². The molecule has 0 bridgehead atoms. The van der Waals surface area contributed by atoms with Gasteiger partial charge in [0.1, 0.15) is 11.4 Å². The summed E-state index contributed by atoms with van der Waals surface area (Å²) in [5.74, 6) is 0.307. The van der Waals surface area contributed by atoms with Crippen LogP contribution in [-0.2, 0) is 0 Å². The summed E-state index contributed by atoms with van der Waals surface area (Å²) in [5.41, 5.74) is 3.41. The Morgan fingerprint density at radius 1 is 1.25 bits per heavy atom. The van der Waals surface area contributed by atoms with Gasteiger partial charge in [0.05, 0.1) is 10.6 Å². The van der Waals surface area contributed by atoms with Crippen molar-refractivity contribution in [2.75, 3.05) is 6.54 Å². The first-order valence-electron chi connectivity index (χ1n) is 8.04. The molecule has 0 aliphatic carbocycles. The first-order valence-corrected chi connectivity index (χ1v) is 8.91. The molecule has 1 N–H and O–H groups in total. The number of carbonyl (C=O) groups is 1. The van der Waals surface area contributed by atoms with Crippen molar-refractivity contribution in [2.24, 2.45) is 5.92 Å². The Morgan fingerprint density at radius 2 is 2.08 bits per heavy atom. The lowest BCUT2D eigenvalue weighted by Crippen LogP contribution is -2.29. The van der Waals surface area contributed by atoms with Crippen molar-refractivity contribution in [1.82, 2.24) is 15.1 Å². The van der Waals surface area contributed by atoms with Crippen LogP contribution < -0.4 is 5.32 Å². The lowest BCUT2D eigenvalue weighted by molar-refractivity contribution is 0.0941. The Morgan fingerprint density at radius 3 is 2.75 bits per heavy atom. The van der Waals surface area contributed by atoms with Crippen LogP contribution in [-0.4, -0.2) is 22.2 Å². The molecule has 2 aromatic heterocycles. The SMILES string of the molecule is Cc1cccc(-n2nc(-c3cccs3)cc2C(=O)NCC(C)C)c1. The van der Waals surface area contributed by atoms with Gasteiger partial charge in [0.25, 0.3) is 5.91 Å². The molecule has 3 aromatic rings. The third-order valence-corrected chi connectivity index (χ3v) is 4.53. The number of carbonyl (C=O) groups excluding carboxylic acids is 1. The fourth-order valence-corrected chi connectivity index (χ4v) is 3.11. The molecule has 0 unspecified atom stereocenters. The molecule has 4 nitrogen and oxygen atoms in total. The summed E-state index contributed by atoms with van der Waals surface area (Å²) in [5, 5.41) is 9.68. The van der Waals surface area contributed by atoms with E-state index in [1.165, 1.54) is 0 Å². The van der Waals surface area contributed by atoms with Crippen molar-refractivity contribution in [2.45, 2.75) is 20.8 Å². The van der Waals surface area contributed by atoms with E-state index in [4.69, 9.17) is 0 Å². The van der Waals surface area contributed by atoms with Crippen LogP contribution in [0.5, 0.6) is 0 Å². The number of rotatable bonds is 5. The predicted molar refractivity (Wildman–Crippen MR) is 98.8 cm³/mol. The third kappa shape index (κ3) is 3.57. The van der Waals surface area contributed by atoms with E-state index in [2.05, 4.69) is 24.3 Å². The predicted octanol–water partition coefficient (Wildman–Crippen LogP) is 4.30. The minimum absolute atomic E-state index is 0.0967. The first-order chi connectivity index (χ1) is 11.5. The quantitative estimate of drug-likeness (QED) is 0.753. The number of benzene rings is 1. The van der Waals surface area contributed by atoms with E-state index in [0.29, 0.717) is 18.2 Å². The summed E-state index contributed by atoms with van der Waals surface area (Å²) in [6.45, 7) is 6.84. The van der Waals surface area contributed by atoms with Gasteiger partial charge in [0, 0.05) is 6.54 Å². The zero-order valence-electron chi connectivity index (χ0n) is 14.1. The Bertz CT molecular complexity index is 834. The van der Waals surface area contributed by atoms with Gasteiger partial charge >= 0.3 is 0 Å². The highest BCUT2D eigenvalue weighted by molar-refractivity contribution is 7.13. The minimum atomic E-state index is -0.0967. The van der Waals surface area contributed by atoms with Crippen LogP contribution in [0, 0.1) is 12.8 Å². The summed E-state index contributed by atoms with van der Waals surface area (Å²) in [4.78, 5) is 13.7. The molecule has 0 saturated carbocycles. The third-order valence-electron chi connectivity index (χ3n) is 3.63. The van der Waals surface area contributed by atoms with Crippen molar-refractivity contribution >= 4 is 17.2 Å². The molecule has 0 aliphatic heterocycles. The molecular formula is C19H21N3OS. The van der Waals surface area contributed by atoms with Crippen LogP contribution in [0.4, 0.5) is 0 Å². The number of hydrogen-bond acceptors (Lipinski definition) is 3. The Labute approximate surface area is 146 Å². The number of amides is 1. The zero-order chi connectivity index (χ0) is 17.1. The average molecular weight is 339 g/mol. The summed E-state index contributed by atoms with van der Waals surface area (Å²) in [6, 6.07) is 13.9. The van der Waals surface area contributed by atoms with Crippen molar-refractivity contribution in [3.8, 4) is 16.3 Å². The fourth-order valence-electron chi connectivity index (χ4n) is 2.43. The second-order valence-corrected chi connectivity index (χ2v) is 7.19. The highest BCUT2D eigenvalue weighted by atomic mass is 32.1. The number of aromatic nitrogens is 2. The molecule has 0 radical (unpaired) electrons. The summed E-state index contributed by atoms with van der Waals surface area (Å²) in [7, 11) is 0. The van der Waals surface area contributed by atoms with Gasteiger partial charge in [-0.3, -0.25) is 4.79 Å². The van der Waals surface area contributed by atoms with E-state index in [1.54, 1.807) is 16.0 Å². The van der Waals surface area contributed by atoms with Gasteiger partial charge in [-0.25, -0.2) is 4.68 Å². The molecule has 24 heavy (non-hydrogen) atoms. The van der Waals surface area contributed by atoms with Gasteiger partial charge in [0.2, 0.25) is 0 Å². The Hall–Kier alpha value is -2.40.